The van der Waals surface area contributed by atoms with E-state index in [1.807, 2.05) is 12.1 Å². The fraction of sp³-hybridized carbons (Fsp3) is 0.263. The van der Waals surface area contributed by atoms with Crippen LogP contribution >= 0.6 is 0 Å². The van der Waals surface area contributed by atoms with Gasteiger partial charge in [0.1, 0.15) is 5.75 Å². The van der Waals surface area contributed by atoms with Crippen molar-refractivity contribution in [1.29, 1.82) is 0 Å². The SMILES string of the molecule is CCCc1ccc(OC(=O)c2ccc(C(=O)O)c(C)c2C)cc1. The molecule has 0 aromatic heterocycles. The van der Waals surface area contributed by atoms with Gasteiger partial charge in [0.05, 0.1) is 11.1 Å². The first-order valence-corrected chi connectivity index (χ1v) is 7.58. The number of ether oxygens (including phenoxy) is 1. The van der Waals surface area contributed by atoms with Crippen LogP contribution < -0.4 is 4.74 Å². The number of aryl methyl sites for hydroxylation is 1. The highest BCUT2D eigenvalue weighted by atomic mass is 16.5. The van der Waals surface area contributed by atoms with Crippen LogP contribution in [0.25, 0.3) is 0 Å². The second-order valence-corrected chi connectivity index (χ2v) is 5.50. The molecule has 0 fully saturated rings. The van der Waals surface area contributed by atoms with Gasteiger partial charge in [-0.3, -0.25) is 0 Å². The molecule has 4 heteroatoms. The molecule has 0 saturated heterocycles. The van der Waals surface area contributed by atoms with Crippen molar-refractivity contribution in [2.45, 2.75) is 33.6 Å². The van der Waals surface area contributed by atoms with E-state index in [1.165, 1.54) is 17.7 Å². The van der Waals surface area contributed by atoms with Gasteiger partial charge in [-0.2, -0.15) is 0 Å². The lowest BCUT2D eigenvalue weighted by molar-refractivity contribution is 0.0690. The summed E-state index contributed by atoms with van der Waals surface area (Å²) in [4.78, 5) is 23.4. The van der Waals surface area contributed by atoms with Crippen molar-refractivity contribution in [3.8, 4) is 5.75 Å². The molecule has 2 rings (SSSR count). The van der Waals surface area contributed by atoms with Crippen LogP contribution in [0.5, 0.6) is 5.75 Å². The third-order valence-corrected chi connectivity index (χ3v) is 3.91. The Balaban J connectivity index is 2.21. The molecular formula is C19H20O4. The molecule has 0 heterocycles. The van der Waals surface area contributed by atoms with Crippen molar-refractivity contribution in [2.24, 2.45) is 0 Å². The first-order valence-electron chi connectivity index (χ1n) is 7.58. The molecule has 0 amide bonds. The van der Waals surface area contributed by atoms with Crippen molar-refractivity contribution in [1.82, 2.24) is 0 Å². The third-order valence-electron chi connectivity index (χ3n) is 3.91. The van der Waals surface area contributed by atoms with Crippen molar-refractivity contribution in [3.05, 3.63) is 64.2 Å². The molecular weight excluding hydrogens is 292 g/mol. The lowest BCUT2D eigenvalue weighted by Crippen LogP contribution is -2.13. The third kappa shape index (κ3) is 3.77. The van der Waals surface area contributed by atoms with Gasteiger partial charge in [0, 0.05) is 0 Å². The van der Waals surface area contributed by atoms with Crippen LogP contribution in [0.3, 0.4) is 0 Å². The first kappa shape index (κ1) is 16.7. The summed E-state index contributed by atoms with van der Waals surface area (Å²) in [5, 5.41) is 9.11. The summed E-state index contributed by atoms with van der Waals surface area (Å²) in [5.41, 5.74) is 2.97. The lowest BCUT2D eigenvalue weighted by atomic mass is 9.98. The van der Waals surface area contributed by atoms with Crippen molar-refractivity contribution >= 4 is 11.9 Å². The number of aromatic carboxylic acids is 1. The van der Waals surface area contributed by atoms with Crippen molar-refractivity contribution in [3.63, 3.8) is 0 Å². The highest BCUT2D eigenvalue weighted by Crippen LogP contribution is 2.21. The number of carbonyl (C=O) groups excluding carboxylic acids is 1. The number of carboxylic acids is 1. The molecule has 4 nitrogen and oxygen atoms in total. The second kappa shape index (κ2) is 7.09. The molecule has 2 aromatic carbocycles. The van der Waals surface area contributed by atoms with Gasteiger partial charge < -0.3 is 9.84 Å². The highest BCUT2D eigenvalue weighted by Gasteiger charge is 2.17. The maximum absolute atomic E-state index is 12.3. The van der Waals surface area contributed by atoms with Crippen LogP contribution in [0.1, 0.15) is 50.8 Å². The maximum Gasteiger partial charge on any atom is 0.343 e. The Hall–Kier alpha value is -2.62. The van der Waals surface area contributed by atoms with Crippen LogP contribution in [0.15, 0.2) is 36.4 Å². The van der Waals surface area contributed by atoms with Crippen LogP contribution in [-0.2, 0) is 6.42 Å². The Morgan fingerprint density at radius 1 is 0.957 bits per heavy atom. The average Bonchev–Trinajstić information content (AvgIpc) is 2.51. The fourth-order valence-corrected chi connectivity index (χ4v) is 2.45. The molecule has 0 unspecified atom stereocenters. The Labute approximate surface area is 135 Å². The van der Waals surface area contributed by atoms with Crippen molar-refractivity contribution in [2.75, 3.05) is 0 Å². The standard InChI is InChI=1S/C19H20O4/c1-4-5-14-6-8-15(9-7-14)23-19(22)17-11-10-16(18(20)21)12(2)13(17)3/h6-11H,4-5H2,1-3H3,(H,20,21). The summed E-state index contributed by atoms with van der Waals surface area (Å²) >= 11 is 0. The minimum absolute atomic E-state index is 0.197. The number of benzene rings is 2. The lowest BCUT2D eigenvalue weighted by Gasteiger charge is -2.11. The van der Waals surface area contributed by atoms with Gasteiger partial charge in [-0.05, 0) is 61.2 Å². The molecule has 0 aliphatic heterocycles. The molecule has 0 spiro atoms. The van der Waals surface area contributed by atoms with E-state index in [0.29, 0.717) is 22.4 Å². The molecule has 0 saturated carbocycles. The van der Waals surface area contributed by atoms with Gasteiger partial charge in [-0.15, -0.1) is 0 Å². The maximum atomic E-state index is 12.3. The first-order chi connectivity index (χ1) is 10.9. The van der Waals surface area contributed by atoms with E-state index in [-0.39, 0.29) is 5.56 Å². The Kier molecular flexibility index (Phi) is 5.16. The zero-order valence-electron chi connectivity index (χ0n) is 13.6. The van der Waals surface area contributed by atoms with Gasteiger partial charge in [-0.1, -0.05) is 25.5 Å². The van der Waals surface area contributed by atoms with E-state index in [4.69, 9.17) is 9.84 Å². The molecule has 120 valence electrons. The van der Waals surface area contributed by atoms with Crippen LogP contribution in [-0.4, -0.2) is 17.0 Å². The Bertz CT molecular complexity index is 730. The zero-order chi connectivity index (χ0) is 17.0. The van der Waals surface area contributed by atoms with Gasteiger partial charge in [0.2, 0.25) is 0 Å². The molecule has 23 heavy (non-hydrogen) atoms. The van der Waals surface area contributed by atoms with Crippen LogP contribution in [0, 0.1) is 13.8 Å². The van der Waals surface area contributed by atoms with Crippen LogP contribution in [0.4, 0.5) is 0 Å². The van der Waals surface area contributed by atoms with E-state index < -0.39 is 11.9 Å². The van der Waals surface area contributed by atoms with E-state index in [1.54, 1.807) is 26.0 Å². The summed E-state index contributed by atoms with van der Waals surface area (Å²) in [7, 11) is 0. The fourth-order valence-electron chi connectivity index (χ4n) is 2.45. The molecule has 2 aromatic rings. The van der Waals surface area contributed by atoms with Gasteiger partial charge in [0.15, 0.2) is 0 Å². The molecule has 1 N–H and O–H groups in total. The van der Waals surface area contributed by atoms with E-state index in [9.17, 15) is 9.59 Å². The normalized spacial score (nSPS) is 10.4. The molecule has 0 aliphatic carbocycles. The van der Waals surface area contributed by atoms with Crippen LogP contribution in [0.2, 0.25) is 0 Å². The smallest absolute Gasteiger partial charge is 0.343 e. The van der Waals surface area contributed by atoms with Crippen molar-refractivity contribution < 1.29 is 19.4 Å². The van der Waals surface area contributed by atoms with E-state index in [2.05, 4.69) is 6.92 Å². The Morgan fingerprint density at radius 3 is 2.09 bits per heavy atom. The highest BCUT2D eigenvalue weighted by molar-refractivity contribution is 5.96. The Morgan fingerprint density at radius 2 is 1.52 bits per heavy atom. The number of carbonyl (C=O) groups is 2. The molecule has 0 radical (unpaired) electrons. The summed E-state index contributed by atoms with van der Waals surface area (Å²) in [6.45, 7) is 5.53. The predicted molar refractivity (Wildman–Crippen MR) is 88.3 cm³/mol. The number of carboxylic acid groups (broad SMARTS) is 1. The second-order valence-electron chi connectivity index (χ2n) is 5.50. The largest absolute Gasteiger partial charge is 0.478 e. The minimum atomic E-state index is -1.00. The molecule has 0 aliphatic rings. The summed E-state index contributed by atoms with van der Waals surface area (Å²) in [5.74, 6) is -1.00. The summed E-state index contributed by atoms with van der Waals surface area (Å²) in [6, 6.07) is 10.4. The average molecular weight is 312 g/mol. The molecule has 0 bridgehead atoms. The van der Waals surface area contributed by atoms with E-state index in [0.717, 1.165) is 12.8 Å². The topological polar surface area (TPSA) is 63.6 Å². The minimum Gasteiger partial charge on any atom is -0.478 e. The van der Waals surface area contributed by atoms with Gasteiger partial charge in [-0.25, -0.2) is 9.59 Å². The van der Waals surface area contributed by atoms with Gasteiger partial charge >= 0.3 is 11.9 Å². The number of rotatable bonds is 5. The predicted octanol–water partition coefficient (Wildman–Crippen LogP) is 4.17. The number of hydrogen-bond donors (Lipinski definition) is 1. The zero-order valence-corrected chi connectivity index (χ0v) is 13.6. The summed E-state index contributed by atoms with van der Waals surface area (Å²) in [6.07, 6.45) is 2.05. The molecule has 0 atom stereocenters. The number of hydrogen-bond acceptors (Lipinski definition) is 3. The van der Waals surface area contributed by atoms with Gasteiger partial charge in [0.25, 0.3) is 0 Å². The summed E-state index contributed by atoms with van der Waals surface area (Å²) < 4.78 is 5.38. The number of esters is 1. The quantitative estimate of drug-likeness (QED) is 0.664. The monoisotopic (exact) mass is 312 g/mol. The van der Waals surface area contributed by atoms with E-state index >= 15 is 0 Å².